The third kappa shape index (κ3) is 4.94. The first-order chi connectivity index (χ1) is 14.1. The quantitative estimate of drug-likeness (QED) is 0.768. The Hall–Kier alpha value is -2.02. The Labute approximate surface area is 175 Å². The van der Waals surface area contributed by atoms with Crippen LogP contribution in [0.4, 0.5) is 11.4 Å². The zero-order valence-corrected chi connectivity index (χ0v) is 17.2. The highest BCUT2D eigenvalue weighted by Crippen LogP contribution is 2.32. The number of furan rings is 1. The molecule has 1 atom stereocenters. The first-order valence-corrected chi connectivity index (χ1v) is 10.7. The number of nitrogens with zero attached hydrogens (tertiary/aromatic N) is 1. The number of carbonyl (C=O) groups excluding carboxylic acids is 1. The minimum atomic E-state index is -0.290. The van der Waals surface area contributed by atoms with Crippen molar-refractivity contribution in [2.75, 3.05) is 36.5 Å². The highest BCUT2D eigenvalue weighted by atomic mass is 35.5. The van der Waals surface area contributed by atoms with Gasteiger partial charge in [0.15, 0.2) is 5.76 Å². The Morgan fingerprint density at radius 1 is 1.10 bits per heavy atom. The van der Waals surface area contributed by atoms with E-state index in [1.165, 1.54) is 0 Å². The maximum absolute atomic E-state index is 12.8. The smallest absolute Gasteiger partial charge is 0.291 e. The summed E-state index contributed by atoms with van der Waals surface area (Å²) >= 11 is 6.20. The molecule has 3 heterocycles. The third-order valence-corrected chi connectivity index (χ3v) is 5.95. The van der Waals surface area contributed by atoms with Gasteiger partial charge in [0.25, 0.3) is 5.91 Å². The van der Waals surface area contributed by atoms with Gasteiger partial charge in [-0.15, -0.1) is 0 Å². The van der Waals surface area contributed by atoms with Gasteiger partial charge in [-0.1, -0.05) is 11.6 Å². The van der Waals surface area contributed by atoms with Gasteiger partial charge in [-0.25, -0.2) is 0 Å². The average Bonchev–Trinajstić information content (AvgIpc) is 3.13. The van der Waals surface area contributed by atoms with Crippen molar-refractivity contribution in [3.05, 3.63) is 46.9 Å². The van der Waals surface area contributed by atoms with Gasteiger partial charge in [0, 0.05) is 37.2 Å². The van der Waals surface area contributed by atoms with E-state index in [0.717, 1.165) is 63.4 Å². The zero-order chi connectivity index (χ0) is 20.2. The number of amides is 1. The van der Waals surface area contributed by atoms with Gasteiger partial charge in [0.05, 0.1) is 17.5 Å². The molecule has 2 aliphatic heterocycles. The Balaban J connectivity index is 1.50. The van der Waals surface area contributed by atoms with E-state index in [4.69, 9.17) is 20.8 Å². The Bertz CT molecular complexity index is 847. The molecule has 0 spiro atoms. The Kier molecular flexibility index (Phi) is 6.43. The number of benzene rings is 1. The van der Waals surface area contributed by atoms with E-state index in [-0.39, 0.29) is 12.0 Å². The molecule has 6 nitrogen and oxygen atoms in total. The summed E-state index contributed by atoms with van der Waals surface area (Å²) in [5.74, 6) is 1.15. The fraction of sp³-hybridized carbons (Fsp3) is 0.500. The van der Waals surface area contributed by atoms with Gasteiger partial charge in [-0.3, -0.25) is 4.79 Å². The molecule has 2 aromatic rings. The van der Waals surface area contributed by atoms with Crippen molar-refractivity contribution in [1.29, 1.82) is 0 Å². The number of aliphatic hydroxyl groups is 1. The van der Waals surface area contributed by atoms with Crippen LogP contribution in [-0.2, 0) is 4.74 Å². The number of aliphatic hydroxyl groups excluding tert-OH is 1. The summed E-state index contributed by atoms with van der Waals surface area (Å²) in [6.07, 6.45) is 3.97. The number of carbonyl (C=O) groups is 1. The van der Waals surface area contributed by atoms with Crippen LogP contribution in [0.25, 0.3) is 0 Å². The highest BCUT2D eigenvalue weighted by molar-refractivity contribution is 6.31. The fourth-order valence-corrected chi connectivity index (χ4v) is 4.24. The molecular weight excluding hydrogens is 392 g/mol. The second-order valence-corrected chi connectivity index (χ2v) is 8.21. The molecule has 2 aliphatic rings. The topological polar surface area (TPSA) is 74.9 Å². The van der Waals surface area contributed by atoms with Crippen LogP contribution in [0.2, 0.25) is 5.02 Å². The minimum Gasteiger partial charge on any atom is -0.456 e. The average molecular weight is 419 g/mol. The number of hydrogen-bond acceptors (Lipinski definition) is 5. The highest BCUT2D eigenvalue weighted by Gasteiger charge is 2.23. The van der Waals surface area contributed by atoms with Gasteiger partial charge >= 0.3 is 0 Å². The van der Waals surface area contributed by atoms with Gasteiger partial charge in [-0.05, 0) is 62.4 Å². The molecule has 0 saturated carbocycles. The number of halogens is 1. The monoisotopic (exact) mass is 418 g/mol. The molecule has 156 valence electrons. The summed E-state index contributed by atoms with van der Waals surface area (Å²) in [6.45, 7) is 3.02. The second kappa shape index (κ2) is 9.20. The van der Waals surface area contributed by atoms with E-state index < -0.39 is 0 Å². The summed E-state index contributed by atoms with van der Waals surface area (Å²) < 4.78 is 11.3. The van der Waals surface area contributed by atoms with Crippen molar-refractivity contribution >= 4 is 28.9 Å². The predicted octanol–water partition coefficient (Wildman–Crippen LogP) is 4.43. The van der Waals surface area contributed by atoms with Crippen molar-refractivity contribution < 1.29 is 19.1 Å². The van der Waals surface area contributed by atoms with Crippen LogP contribution in [0.15, 0.2) is 34.7 Å². The number of ether oxygens (including phenoxy) is 1. The lowest BCUT2D eigenvalue weighted by Crippen LogP contribution is -2.26. The van der Waals surface area contributed by atoms with E-state index in [1.54, 1.807) is 12.1 Å². The zero-order valence-electron chi connectivity index (χ0n) is 16.4. The van der Waals surface area contributed by atoms with Crippen LogP contribution in [0.3, 0.4) is 0 Å². The lowest BCUT2D eigenvalue weighted by atomic mass is 9.98. The van der Waals surface area contributed by atoms with E-state index in [2.05, 4.69) is 10.2 Å². The Morgan fingerprint density at radius 3 is 2.76 bits per heavy atom. The van der Waals surface area contributed by atoms with Gasteiger partial charge in [0.1, 0.15) is 5.76 Å². The number of nitrogens with one attached hydrogen (secondary N) is 1. The third-order valence-electron chi connectivity index (χ3n) is 5.72. The summed E-state index contributed by atoms with van der Waals surface area (Å²) in [6, 6.07) is 9.13. The largest absolute Gasteiger partial charge is 0.456 e. The van der Waals surface area contributed by atoms with Crippen LogP contribution in [0.5, 0.6) is 0 Å². The maximum atomic E-state index is 12.8. The van der Waals surface area contributed by atoms with Crippen molar-refractivity contribution in [3.63, 3.8) is 0 Å². The number of hydrogen-bond donors (Lipinski definition) is 2. The van der Waals surface area contributed by atoms with Gasteiger partial charge in [0.2, 0.25) is 0 Å². The minimum absolute atomic E-state index is 0.267. The SMILES string of the molecule is O=C(Nc1cc(Cl)ccc1N1CCC[C@@H](O)CC1)c1ccc(C2CCOCC2)o1. The van der Waals surface area contributed by atoms with E-state index in [0.29, 0.717) is 28.8 Å². The standard InChI is InChI=1S/C22H27ClN2O4/c23-16-3-4-19(25-10-1-2-17(26)7-11-25)18(14-16)24-22(27)21-6-5-20(29-21)15-8-12-28-13-9-15/h3-6,14-15,17,26H,1-2,7-13H2,(H,24,27)/t17-/m1/s1. The Morgan fingerprint density at radius 2 is 1.93 bits per heavy atom. The van der Waals surface area contributed by atoms with Crippen molar-refractivity contribution in [3.8, 4) is 0 Å². The van der Waals surface area contributed by atoms with E-state index in [9.17, 15) is 9.90 Å². The molecule has 1 amide bonds. The fourth-order valence-electron chi connectivity index (χ4n) is 4.06. The van der Waals surface area contributed by atoms with Crippen LogP contribution in [0.1, 0.15) is 54.3 Å². The normalized spacial score (nSPS) is 21.0. The molecule has 7 heteroatoms. The molecule has 1 aromatic heterocycles. The first-order valence-electron chi connectivity index (χ1n) is 10.3. The molecule has 0 unspecified atom stereocenters. The lowest BCUT2D eigenvalue weighted by Gasteiger charge is -2.25. The van der Waals surface area contributed by atoms with Crippen LogP contribution >= 0.6 is 11.6 Å². The van der Waals surface area contributed by atoms with Gasteiger partial charge < -0.3 is 24.5 Å². The first kappa shape index (κ1) is 20.3. The molecule has 0 aliphatic carbocycles. The molecular formula is C22H27ClN2O4. The molecule has 29 heavy (non-hydrogen) atoms. The van der Waals surface area contributed by atoms with Crippen molar-refractivity contribution in [2.24, 2.45) is 0 Å². The van der Waals surface area contributed by atoms with E-state index >= 15 is 0 Å². The summed E-state index contributed by atoms with van der Waals surface area (Å²) in [7, 11) is 0. The predicted molar refractivity (Wildman–Crippen MR) is 113 cm³/mol. The van der Waals surface area contributed by atoms with Crippen molar-refractivity contribution in [1.82, 2.24) is 0 Å². The maximum Gasteiger partial charge on any atom is 0.291 e. The van der Waals surface area contributed by atoms with Crippen LogP contribution < -0.4 is 10.2 Å². The molecule has 2 fully saturated rings. The number of rotatable bonds is 4. The lowest BCUT2D eigenvalue weighted by molar-refractivity contribution is 0.0799. The van der Waals surface area contributed by atoms with Crippen LogP contribution in [0, 0.1) is 0 Å². The second-order valence-electron chi connectivity index (χ2n) is 7.78. The summed E-state index contributed by atoms with van der Waals surface area (Å²) in [5.41, 5.74) is 1.57. The van der Waals surface area contributed by atoms with Gasteiger partial charge in [-0.2, -0.15) is 0 Å². The summed E-state index contributed by atoms with van der Waals surface area (Å²) in [5, 5.41) is 13.5. The molecule has 0 bridgehead atoms. The molecule has 0 radical (unpaired) electrons. The molecule has 4 rings (SSSR count). The molecule has 1 aromatic carbocycles. The van der Waals surface area contributed by atoms with Crippen LogP contribution in [-0.4, -0.2) is 43.4 Å². The van der Waals surface area contributed by atoms with E-state index in [1.807, 2.05) is 18.2 Å². The number of anilines is 2. The summed E-state index contributed by atoms with van der Waals surface area (Å²) in [4.78, 5) is 15.0. The molecule has 2 N–H and O–H groups in total. The van der Waals surface area contributed by atoms with Crippen molar-refractivity contribution in [2.45, 2.75) is 44.1 Å². The molecule has 2 saturated heterocycles.